The maximum atomic E-state index is 5.25. The molecule has 0 amide bonds. The number of nitrogens with two attached hydrogens (primary N) is 1. The van der Waals surface area contributed by atoms with Gasteiger partial charge in [-0.25, -0.2) is 5.84 Å². The molecular formula is C8H12N4O. The van der Waals surface area contributed by atoms with Crippen molar-refractivity contribution < 1.29 is 4.74 Å². The Morgan fingerprint density at radius 1 is 1.62 bits per heavy atom. The number of hydrogen-bond donors (Lipinski definition) is 2. The molecule has 0 aliphatic rings. The summed E-state index contributed by atoms with van der Waals surface area (Å²) in [5.74, 6) is 6.09. The van der Waals surface area contributed by atoms with Crippen LogP contribution in [0.3, 0.4) is 0 Å². The second-order valence-electron chi connectivity index (χ2n) is 2.31. The predicted octanol–water partition coefficient (Wildman–Crippen LogP) is 0.717. The number of nitrogen functional groups attached to an aromatic ring is 1. The fourth-order valence-corrected chi connectivity index (χ4v) is 0.734. The van der Waals surface area contributed by atoms with Crippen molar-refractivity contribution in [1.29, 1.82) is 0 Å². The highest BCUT2D eigenvalue weighted by molar-refractivity contribution is 5.31. The number of aromatic nitrogens is 2. The van der Waals surface area contributed by atoms with E-state index in [0.717, 1.165) is 6.42 Å². The molecule has 0 saturated heterocycles. The van der Waals surface area contributed by atoms with Crippen LogP contribution in [0.1, 0.15) is 6.42 Å². The molecule has 1 heterocycles. The summed E-state index contributed by atoms with van der Waals surface area (Å²) in [6.45, 7) is 4.13. The molecule has 0 aromatic carbocycles. The fourth-order valence-electron chi connectivity index (χ4n) is 0.734. The zero-order chi connectivity index (χ0) is 9.52. The molecule has 1 aromatic rings. The molecule has 3 N–H and O–H groups in total. The average Bonchev–Trinajstić information content (AvgIpc) is 2.19. The van der Waals surface area contributed by atoms with Gasteiger partial charge in [0, 0.05) is 0 Å². The predicted molar refractivity (Wildman–Crippen MR) is 50.2 cm³/mol. The third kappa shape index (κ3) is 3.08. The van der Waals surface area contributed by atoms with E-state index in [4.69, 9.17) is 10.6 Å². The first-order valence-electron chi connectivity index (χ1n) is 3.89. The van der Waals surface area contributed by atoms with Gasteiger partial charge in [-0.1, -0.05) is 6.08 Å². The molecule has 5 nitrogen and oxygen atoms in total. The Morgan fingerprint density at radius 2 is 2.46 bits per heavy atom. The van der Waals surface area contributed by atoms with Gasteiger partial charge in [-0.05, 0) is 6.42 Å². The van der Waals surface area contributed by atoms with Gasteiger partial charge < -0.3 is 10.2 Å². The average molecular weight is 180 g/mol. The molecule has 0 radical (unpaired) electrons. The van der Waals surface area contributed by atoms with Crippen molar-refractivity contribution in [3.05, 3.63) is 25.0 Å². The van der Waals surface area contributed by atoms with Crippen LogP contribution >= 0.6 is 0 Å². The second-order valence-corrected chi connectivity index (χ2v) is 2.31. The fraction of sp³-hybridized carbons (Fsp3) is 0.250. The number of anilines is 1. The standard InChI is InChI=1S/C8H12N4O/c1-2-3-4-13-8-6-10-5-7(11-8)12-9/h2,5-6H,1,3-4,9H2,(H,11,12). The minimum Gasteiger partial charge on any atom is -0.476 e. The molecule has 0 saturated carbocycles. The first-order valence-corrected chi connectivity index (χ1v) is 3.89. The van der Waals surface area contributed by atoms with E-state index in [0.29, 0.717) is 18.3 Å². The molecule has 0 bridgehead atoms. The zero-order valence-electron chi connectivity index (χ0n) is 7.23. The molecule has 1 rings (SSSR count). The van der Waals surface area contributed by atoms with Crippen molar-refractivity contribution in [3.8, 4) is 5.88 Å². The third-order valence-corrected chi connectivity index (χ3v) is 1.33. The summed E-state index contributed by atoms with van der Waals surface area (Å²) in [5.41, 5.74) is 2.38. The normalized spacial score (nSPS) is 9.31. The number of nitrogens with zero attached hydrogens (tertiary/aromatic N) is 2. The molecule has 0 aliphatic carbocycles. The molecule has 0 aliphatic heterocycles. The molecule has 13 heavy (non-hydrogen) atoms. The van der Waals surface area contributed by atoms with Gasteiger partial charge in [0.2, 0.25) is 5.88 Å². The topological polar surface area (TPSA) is 73.1 Å². The summed E-state index contributed by atoms with van der Waals surface area (Å²) in [5, 5.41) is 0. The largest absolute Gasteiger partial charge is 0.476 e. The Balaban J connectivity index is 2.50. The van der Waals surface area contributed by atoms with Gasteiger partial charge >= 0.3 is 0 Å². The van der Waals surface area contributed by atoms with Crippen LogP contribution in [0, 0.1) is 0 Å². The second kappa shape index (κ2) is 5.10. The van der Waals surface area contributed by atoms with E-state index in [1.807, 2.05) is 0 Å². The van der Waals surface area contributed by atoms with Crippen molar-refractivity contribution in [2.24, 2.45) is 5.84 Å². The Morgan fingerprint density at radius 3 is 3.15 bits per heavy atom. The number of rotatable bonds is 5. The molecule has 1 aromatic heterocycles. The zero-order valence-corrected chi connectivity index (χ0v) is 7.23. The van der Waals surface area contributed by atoms with Crippen LogP contribution in [0.15, 0.2) is 25.0 Å². The van der Waals surface area contributed by atoms with Crippen LogP contribution in [0.25, 0.3) is 0 Å². The molecule has 0 atom stereocenters. The molecule has 0 unspecified atom stereocenters. The summed E-state index contributed by atoms with van der Waals surface area (Å²) in [7, 11) is 0. The van der Waals surface area contributed by atoms with E-state index in [1.54, 1.807) is 6.08 Å². The van der Waals surface area contributed by atoms with Crippen molar-refractivity contribution in [2.45, 2.75) is 6.42 Å². The van der Waals surface area contributed by atoms with E-state index in [1.165, 1.54) is 12.4 Å². The summed E-state index contributed by atoms with van der Waals surface area (Å²) in [6.07, 6.45) is 5.60. The lowest BCUT2D eigenvalue weighted by Crippen LogP contribution is -2.09. The van der Waals surface area contributed by atoms with Crippen molar-refractivity contribution in [1.82, 2.24) is 9.97 Å². The lowest BCUT2D eigenvalue weighted by Gasteiger charge is -2.03. The first kappa shape index (κ1) is 9.47. The Hall–Kier alpha value is -1.62. The summed E-state index contributed by atoms with van der Waals surface area (Å²) >= 11 is 0. The molecule has 0 spiro atoms. The highest BCUT2D eigenvalue weighted by Gasteiger charge is 1.96. The Kier molecular flexibility index (Phi) is 3.72. The highest BCUT2D eigenvalue weighted by atomic mass is 16.5. The van der Waals surface area contributed by atoms with Crippen molar-refractivity contribution >= 4 is 5.82 Å². The quantitative estimate of drug-likeness (QED) is 0.302. The van der Waals surface area contributed by atoms with Gasteiger partial charge in [-0.2, -0.15) is 4.98 Å². The molecular weight excluding hydrogens is 168 g/mol. The van der Waals surface area contributed by atoms with Gasteiger partial charge in [0.25, 0.3) is 0 Å². The van der Waals surface area contributed by atoms with Gasteiger partial charge in [0.15, 0.2) is 5.82 Å². The number of hydrazine groups is 1. The van der Waals surface area contributed by atoms with E-state index >= 15 is 0 Å². The van der Waals surface area contributed by atoms with Crippen LogP contribution in [0.2, 0.25) is 0 Å². The summed E-state index contributed by atoms with van der Waals surface area (Å²) in [4.78, 5) is 7.89. The van der Waals surface area contributed by atoms with Crippen molar-refractivity contribution in [2.75, 3.05) is 12.0 Å². The van der Waals surface area contributed by atoms with E-state index in [2.05, 4.69) is 22.0 Å². The lowest BCUT2D eigenvalue weighted by atomic mass is 10.5. The lowest BCUT2D eigenvalue weighted by molar-refractivity contribution is 0.311. The first-order chi connectivity index (χ1) is 6.36. The number of nitrogens with one attached hydrogen (secondary N) is 1. The van der Waals surface area contributed by atoms with E-state index in [-0.39, 0.29) is 0 Å². The monoisotopic (exact) mass is 180 g/mol. The van der Waals surface area contributed by atoms with Crippen LogP contribution in [-0.2, 0) is 0 Å². The highest BCUT2D eigenvalue weighted by Crippen LogP contribution is 2.07. The minimum atomic E-state index is 0.456. The van der Waals surface area contributed by atoms with Crippen molar-refractivity contribution in [3.63, 3.8) is 0 Å². The molecule has 5 heteroatoms. The van der Waals surface area contributed by atoms with Gasteiger partial charge in [0.05, 0.1) is 19.0 Å². The van der Waals surface area contributed by atoms with Crippen LogP contribution < -0.4 is 16.0 Å². The SMILES string of the molecule is C=CCCOc1cncc(NN)n1. The smallest absolute Gasteiger partial charge is 0.234 e. The van der Waals surface area contributed by atoms with E-state index in [9.17, 15) is 0 Å². The summed E-state index contributed by atoms with van der Waals surface area (Å²) < 4.78 is 5.25. The number of hydrogen-bond acceptors (Lipinski definition) is 5. The van der Waals surface area contributed by atoms with E-state index < -0.39 is 0 Å². The third-order valence-electron chi connectivity index (χ3n) is 1.33. The molecule has 70 valence electrons. The maximum Gasteiger partial charge on any atom is 0.234 e. The van der Waals surface area contributed by atoms with Gasteiger partial charge in [-0.15, -0.1) is 6.58 Å². The minimum absolute atomic E-state index is 0.456. The van der Waals surface area contributed by atoms with Crippen LogP contribution in [-0.4, -0.2) is 16.6 Å². The molecule has 0 fully saturated rings. The Labute approximate surface area is 76.6 Å². The van der Waals surface area contributed by atoms with Gasteiger partial charge in [-0.3, -0.25) is 4.98 Å². The van der Waals surface area contributed by atoms with Gasteiger partial charge in [0.1, 0.15) is 0 Å². The van der Waals surface area contributed by atoms with Crippen LogP contribution in [0.5, 0.6) is 5.88 Å². The maximum absolute atomic E-state index is 5.25. The number of ether oxygens (including phenoxy) is 1. The van der Waals surface area contributed by atoms with Crippen LogP contribution in [0.4, 0.5) is 5.82 Å². The summed E-state index contributed by atoms with van der Waals surface area (Å²) in [6, 6.07) is 0. The Bertz CT molecular complexity index is 277.